The molecule has 2 aromatic rings. The van der Waals surface area contributed by atoms with Crippen LogP contribution in [0.15, 0.2) is 29.3 Å². The lowest BCUT2D eigenvalue weighted by Crippen LogP contribution is -2.47. The zero-order chi connectivity index (χ0) is 17.1. The molecule has 7 nitrogen and oxygen atoms in total. The second-order valence-corrected chi connectivity index (χ2v) is 6.25. The number of rotatable bonds is 4. The summed E-state index contributed by atoms with van der Waals surface area (Å²) in [6.07, 6.45) is 5.33. The number of aryl methyl sites for hydroxylation is 2. The van der Waals surface area contributed by atoms with Gasteiger partial charge in [0.25, 0.3) is 5.56 Å². The molecule has 0 aromatic carbocycles. The predicted octanol–water partition coefficient (Wildman–Crippen LogP) is 0.948. The molecule has 2 N–H and O–H groups in total. The van der Waals surface area contributed by atoms with Crippen LogP contribution in [0.1, 0.15) is 24.2 Å². The summed E-state index contributed by atoms with van der Waals surface area (Å²) in [4.78, 5) is 22.9. The van der Waals surface area contributed by atoms with Crippen LogP contribution in [0.4, 0.5) is 5.82 Å². The molecular weight excluding hydrogens is 306 g/mol. The minimum absolute atomic E-state index is 0.0730. The first-order valence-corrected chi connectivity index (χ1v) is 8.20. The second-order valence-electron chi connectivity index (χ2n) is 6.25. The van der Waals surface area contributed by atoms with Crippen molar-refractivity contribution in [3.63, 3.8) is 0 Å². The van der Waals surface area contributed by atoms with Gasteiger partial charge in [-0.2, -0.15) is 0 Å². The van der Waals surface area contributed by atoms with Crippen molar-refractivity contribution in [1.29, 1.82) is 0 Å². The molecule has 3 rings (SSSR count). The predicted molar refractivity (Wildman–Crippen MR) is 92.2 cm³/mol. The van der Waals surface area contributed by atoms with E-state index in [0.717, 1.165) is 31.6 Å². The number of nitrogens with zero attached hydrogens (tertiary/aromatic N) is 4. The molecule has 7 heteroatoms. The SMILES string of the molecule is Cc1ccc(O)c(CNC2CCCN(c3nccn(C)c3=O)C2)n1. The van der Waals surface area contributed by atoms with Gasteiger partial charge in [-0.05, 0) is 31.9 Å². The Bertz CT molecular complexity index is 774. The van der Waals surface area contributed by atoms with E-state index in [4.69, 9.17) is 0 Å². The van der Waals surface area contributed by atoms with Crippen molar-refractivity contribution in [2.75, 3.05) is 18.0 Å². The number of aromatic nitrogens is 3. The summed E-state index contributed by atoms with van der Waals surface area (Å²) >= 11 is 0. The fourth-order valence-electron chi connectivity index (χ4n) is 3.01. The lowest BCUT2D eigenvalue weighted by Gasteiger charge is -2.33. The van der Waals surface area contributed by atoms with Crippen molar-refractivity contribution in [3.8, 4) is 5.75 Å². The Morgan fingerprint density at radius 2 is 2.25 bits per heavy atom. The zero-order valence-corrected chi connectivity index (χ0v) is 14.1. The third-order valence-electron chi connectivity index (χ3n) is 4.37. The van der Waals surface area contributed by atoms with Gasteiger partial charge in [0.15, 0.2) is 5.82 Å². The fourth-order valence-corrected chi connectivity index (χ4v) is 3.01. The van der Waals surface area contributed by atoms with Crippen LogP contribution in [-0.2, 0) is 13.6 Å². The van der Waals surface area contributed by atoms with E-state index in [9.17, 15) is 9.90 Å². The molecule has 0 bridgehead atoms. The summed E-state index contributed by atoms with van der Waals surface area (Å²) in [6, 6.07) is 3.69. The monoisotopic (exact) mass is 329 g/mol. The number of aromatic hydroxyl groups is 1. The third kappa shape index (κ3) is 3.56. The van der Waals surface area contributed by atoms with E-state index >= 15 is 0 Å². The Morgan fingerprint density at radius 1 is 1.42 bits per heavy atom. The van der Waals surface area contributed by atoms with Crippen LogP contribution in [-0.4, -0.2) is 38.8 Å². The van der Waals surface area contributed by atoms with Gasteiger partial charge >= 0.3 is 0 Å². The molecule has 1 aliphatic rings. The highest BCUT2D eigenvalue weighted by atomic mass is 16.3. The van der Waals surface area contributed by atoms with Gasteiger partial charge in [-0.15, -0.1) is 0 Å². The quantitative estimate of drug-likeness (QED) is 0.869. The molecule has 1 fully saturated rings. The van der Waals surface area contributed by atoms with Gasteiger partial charge in [-0.1, -0.05) is 0 Å². The van der Waals surface area contributed by atoms with Gasteiger partial charge in [0.1, 0.15) is 5.75 Å². The fraction of sp³-hybridized carbons (Fsp3) is 0.471. The van der Waals surface area contributed by atoms with Gasteiger partial charge in [-0.25, -0.2) is 4.98 Å². The number of hydrogen-bond acceptors (Lipinski definition) is 6. The van der Waals surface area contributed by atoms with Crippen LogP contribution in [0, 0.1) is 6.92 Å². The Morgan fingerprint density at radius 3 is 3.08 bits per heavy atom. The first-order chi connectivity index (χ1) is 11.5. The molecule has 0 radical (unpaired) electrons. The van der Waals surface area contributed by atoms with Crippen molar-refractivity contribution < 1.29 is 5.11 Å². The average molecular weight is 329 g/mol. The van der Waals surface area contributed by atoms with Crippen LogP contribution >= 0.6 is 0 Å². The number of nitrogens with one attached hydrogen (secondary N) is 1. The van der Waals surface area contributed by atoms with Crippen LogP contribution < -0.4 is 15.8 Å². The van der Waals surface area contributed by atoms with Crippen LogP contribution in [0.5, 0.6) is 5.75 Å². The molecule has 128 valence electrons. The van der Waals surface area contributed by atoms with E-state index in [-0.39, 0.29) is 17.4 Å². The Hall–Kier alpha value is -2.41. The minimum Gasteiger partial charge on any atom is -0.506 e. The standard InChI is InChI=1S/C17H23N5O2/c1-12-5-6-15(23)14(20-12)10-19-13-4-3-8-22(11-13)16-17(24)21(2)9-7-18-16/h5-7,9,13,19,23H,3-4,8,10-11H2,1-2H3. The van der Waals surface area contributed by atoms with Crippen molar-refractivity contribution >= 4 is 5.82 Å². The number of hydrogen-bond donors (Lipinski definition) is 2. The van der Waals surface area contributed by atoms with Crippen LogP contribution in [0.2, 0.25) is 0 Å². The smallest absolute Gasteiger partial charge is 0.293 e. The van der Waals surface area contributed by atoms with Gasteiger partial charge in [0.2, 0.25) is 0 Å². The first kappa shape index (κ1) is 16.4. The molecule has 1 aliphatic heterocycles. The molecule has 1 saturated heterocycles. The number of pyridine rings is 1. The molecule has 0 spiro atoms. The molecule has 3 heterocycles. The van der Waals surface area contributed by atoms with E-state index in [1.807, 2.05) is 11.8 Å². The third-order valence-corrected chi connectivity index (χ3v) is 4.37. The molecule has 1 atom stereocenters. The molecule has 1 unspecified atom stereocenters. The van der Waals surface area contributed by atoms with Gasteiger partial charge in [-0.3, -0.25) is 9.78 Å². The Balaban J connectivity index is 1.66. The molecule has 24 heavy (non-hydrogen) atoms. The number of anilines is 1. The van der Waals surface area contributed by atoms with Crippen LogP contribution in [0.25, 0.3) is 0 Å². The summed E-state index contributed by atoms with van der Waals surface area (Å²) in [5.41, 5.74) is 1.46. The highest BCUT2D eigenvalue weighted by Gasteiger charge is 2.23. The van der Waals surface area contributed by atoms with E-state index in [2.05, 4.69) is 15.3 Å². The normalized spacial score (nSPS) is 17.9. The minimum atomic E-state index is -0.0730. The highest BCUT2D eigenvalue weighted by molar-refractivity contribution is 5.36. The largest absolute Gasteiger partial charge is 0.506 e. The molecule has 2 aromatic heterocycles. The lowest BCUT2D eigenvalue weighted by atomic mass is 10.1. The lowest BCUT2D eigenvalue weighted by molar-refractivity contribution is 0.407. The van der Waals surface area contributed by atoms with Crippen molar-refractivity contribution in [2.45, 2.75) is 32.4 Å². The highest BCUT2D eigenvalue weighted by Crippen LogP contribution is 2.17. The molecule has 0 aliphatic carbocycles. The van der Waals surface area contributed by atoms with E-state index in [0.29, 0.717) is 18.1 Å². The van der Waals surface area contributed by atoms with E-state index in [1.54, 1.807) is 36.1 Å². The Labute approximate surface area is 141 Å². The topological polar surface area (TPSA) is 83.3 Å². The molecule has 0 saturated carbocycles. The summed E-state index contributed by atoms with van der Waals surface area (Å²) in [6.45, 7) is 3.96. The number of piperidine rings is 1. The van der Waals surface area contributed by atoms with E-state index < -0.39 is 0 Å². The van der Waals surface area contributed by atoms with Crippen LogP contribution in [0.3, 0.4) is 0 Å². The maximum atomic E-state index is 12.2. The summed E-state index contributed by atoms with van der Waals surface area (Å²) < 4.78 is 1.55. The summed E-state index contributed by atoms with van der Waals surface area (Å²) in [5, 5.41) is 13.3. The Kier molecular flexibility index (Phi) is 4.80. The second kappa shape index (κ2) is 7.00. The average Bonchev–Trinajstić information content (AvgIpc) is 2.58. The maximum absolute atomic E-state index is 12.2. The first-order valence-electron chi connectivity index (χ1n) is 8.20. The van der Waals surface area contributed by atoms with Gasteiger partial charge < -0.3 is 19.9 Å². The summed E-state index contributed by atoms with van der Waals surface area (Å²) in [5.74, 6) is 0.711. The van der Waals surface area contributed by atoms with Gasteiger partial charge in [0, 0.05) is 50.8 Å². The van der Waals surface area contributed by atoms with Crippen molar-refractivity contribution in [2.24, 2.45) is 7.05 Å². The van der Waals surface area contributed by atoms with Gasteiger partial charge in [0.05, 0.1) is 5.69 Å². The summed E-state index contributed by atoms with van der Waals surface area (Å²) in [7, 11) is 1.74. The molecular formula is C17H23N5O2. The zero-order valence-electron chi connectivity index (χ0n) is 14.1. The van der Waals surface area contributed by atoms with Crippen molar-refractivity contribution in [3.05, 3.63) is 46.3 Å². The molecule has 0 amide bonds. The van der Waals surface area contributed by atoms with Crippen molar-refractivity contribution in [1.82, 2.24) is 19.9 Å². The maximum Gasteiger partial charge on any atom is 0.293 e. The van der Waals surface area contributed by atoms with E-state index in [1.165, 1.54) is 0 Å².